The summed E-state index contributed by atoms with van der Waals surface area (Å²) in [4.78, 5) is 7.01. The monoisotopic (exact) mass is 528 g/mol. The summed E-state index contributed by atoms with van der Waals surface area (Å²) in [6, 6.07) is 11.0. The van der Waals surface area contributed by atoms with E-state index in [9.17, 15) is 8.42 Å². The van der Waals surface area contributed by atoms with Crippen molar-refractivity contribution in [3.8, 4) is 0 Å². The van der Waals surface area contributed by atoms with Gasteiger partial charge in [0.25, 0.3) is 0 Å². The number of nitrogens with zero attached hydrogens (tertiary/aromatic N) is 6. The van der Waals surface area contributed by atoms with E-state index >= 15 is 0 Å². The lowest BCUT2D eigenvalue weighted by Crippen LogP contribution is -2.49. The van der Waals surface area contributed by atoms with Crippen LogP contribution >= 0.6 is 22.6 Å². The average Bonchev–Trinajstić information content (AvgIpc) is 2.75. The van der Waals surface area contributed by atoms with Gasteiger partial charge in [0.05, 0.1) is 4.90 Å². The summed E-state index contributed by atoms with van der Waals surface area (Å²) >= 11 is 2.17. The number of anilines is 2. The van der Waals surface area contributed by atoms with Crippen LogP contribution in [0.15, 0.2) is 41.3 Å². The van der Waals surface area contributed by atoms with Crippen molar-refractivity contribution in [2.24, 2.45) is 0 Å². The summed E-state index contributed by atoms with van der Waals surface area (Å²) in [5.74, 6) is 1.70. The third-order valence-electron chi connectivity index (χ3n) is 5.48. The number of likely N-dealkylation sites (N-methyl/N-ethyl adjacent to an activating group) is 1. The van der Waals surface area contributed by atoms with E-state index in [-0.39, 0.29) is 0 Å². The maximum Gasteiger partial charge on any atom is 0.243 e. The number of hydrogen-bond donors (Lipinski definition) is 0. The van der Waals surface area contributed by atoms with Gasteiger partial charge >= 0.3 is 0 Å². The van der Waals surface area contributed by atoms with Crippen molar-refractivity contribution in [2.45, 2.75) is 4.90 Å². The molecule has 0 atom stereocenters. The Morgan fingerprint density at radius 1 is 0.759 bits per heavy atom. The van der Waals surface area contributed by atoms with Crippen LogP contribution in [-0.2, 0) is 10.0 Å². The van der Waals surface area contributed by atoms with E-state index in [0.717, 1.165) is 41.4 Å². The van der Waals surface area contributed by atoms with Crippen molar-refractivity contribution in [3.63, 3.8) is 0 Å². The van der Waals surface area contributed by atoms with E-state index in [0.29, 0.717) is 31.1 Å². The van der Waals surface area contributed by atoms with Crippen molar-refractivity contribution in [1.82, 2.24) is 19.4 Å². The fourth-order valence-electron chi connectivity index (χ4n) is 3.60. The standard InChI is InChI=1S/C19H25IN6O2S/c1-23-8-10-24(11-9-23)18-6-7-19(22-21-18)25-12-14-26(15-13-25)29(27,28)17-4-2-16(20)3-5-17/h2-7H,8-15H2,1H3. The first-order valence-corrected chi connectivity index (χ1v) is 12.2. The minimum Gasteiger partial charge on any atom is -0.353 e. The molecule has 3 heterocycles. The highest BCUT2D eigenvalue weighted by atomic mass is 127. The molecule has 0 N–H and O–H groups in total. The average molecular weight is 528 g/mol. The van der Waals surface area contributed by atoms with Gasteiger partial charge in [-0.2, -0.15) is 4.31 Å². The largest absolute Gasteiger partial charge is 0.353 e. The highest BCUT2D eigenvalue weighted by Crippen LogP contribution is 2.22. The molecule has 0 aliphatic carbocycles. The zero-order valence-electron chi connectivity index (χ0n) is 16.4. The smallest absolute Gasteiger partial charge is 0.243 e. The highest BCUT2D eigenvalue weighted by Gasteiger charge is 2.29. The second kappa shape index (κ2) is 8.70. The number of piperazine rings is 2. The van der Waals surface area contributed by atoms with Crippen LogP contribution < -0.4 is 9.80 Å². The molecule has 0 amide bonds. The Morgan fingerprint density at radius 2 is 1.24 bits per heavy atom. The quantitative estimate of drug-likeness (QED) is 0.555. The normalized spacial score (nSPS) is 19.5. The lowest BCUT2D eigenvalue weighted by atomic mass is 10.3. The van der Waals surface area contributed by atoms with Crippen molar-refractivity contribution < 1.29 is 8.42 Å². The van der Waals surface area contributed by atoms with Crippen molar-refractivity contribution in [1.29, 1.82) is 0 Å². The molecule has 2 saturated heterocycles. The SMILES string of the molecule is CN1CCN(c2ccc(N3CCN(S(=O)(=O)c4ccc(I)cc4)CC3)nn2)CC1. The molecule has 2 aromatic rings. The van der Waals surface area contributed by atoms with Crippen LogP contribution in [0.3, 0.4) is 0 Å². The van der Waals surface area contributed by atoms with Crippen LogP contribution in [0.5, 0.6) is 0 Å². The molecule has 0 bridgehead atoms. The number of aromatic nitrogens is 2. The maximum atomic E-state index is 12.9. The summed E-state index contributed by atoms with van der Waals surface area (Å²) < 4.78 is 28.3. The van der Waals surface area contributed by atoms with Gasteiger partial charge in [-0.25, -0.2) is 8.42 Å². The van der Waals surface area contributed by atoms with E-state index in [4.69, 9.17) is 0 Å². The van der Waals surface area contributed by atoms with Crippen LogP contribution in [0.25, 0.3) is 0 Å². The van der Waals surface area contributed by atoms with Crippen molar-refractivity contribution in [2.75, 3.05) is 69.2 Å². The number of rotatable bonds is 4. The van der Waals surface area contributed by atoms with Gasteiger partial charge in [0, 0.05) is 55.9 Å². The minimum atomic E-state index is -3.45. The van der Waals surface area contributed by atoms with Gasteiger partial charge in [-0.1, -0.05) is 0 Å². The lowest BCUT2D eigenvalue weighted by molar-refractivity contribution is 0.312. The van der Waals surface area contributed by atoms with Crippen LogP contribution in [0, 0.1) is 3.57 Å². The van der Waals surface area contributed by atoms with E-state index in [1.165, 1.54) is 0 Å². The fourth-order valence-corrected chi connectivity index (χ4v) is 5.39. The fraction of sp³-hybridized carbons (Fsp3) is 0.474. The zero-order chi connectivity index (χ0) is 20.4. The highest BCUT2D eigenvalue weighted by molar-refractivity contribution is 14.1. The molecule has 8 nitrogen and oxygen atoms in total. The molecule has 2 aliphatic heterocycles. The van der Waals surface area contributed by atoms with E-state index in [2.05, 4.69) is 54.5 Å². The Morgan fingerprint density at radius 3 is 1.72 bits per heavy atom. The zero-order valence-corrected chi connectivity index (χ0v) is 19.4. The molecule has 1 aromatic carbocycles. The first-order chi connectivity index (χ1) is 13.9. The van der Waals surface area contributed by atoms with Gasteiger partial charge in [0.15, 0.2) is 11.6 Å². The van der Waals surface area contributed by atoms with Gasteiger partial charge < -0.3 is 14.7 Å². The molecule has 29 heavy (non-hydrogen) atoms. The van der Waals surface area contributed by atoms with Crippen molar-refractivity contribution >= 4 is 44.2 Å². The van der Waals surface area contributed by atoms with Gasteiger partial charge in [-0.15, -0.1) is 10.2 Å². The predicted molar refractivity (Wildman–Crippen MR) is 122 cm³/mol. The molecule has 1 aromatic heterocycles. The molecule has 0 radical (unpaired) electrons. The Labute approximate surface area is 185 Å². The number of sulfonamides is 1. The minimum absolute atomic E-state index is 0.350. The second-order valence-corrected chi connectivity index (χ2v) is 10.6. The Balaban J connectivity index is 1.37. The Hall–Kier alpha value is -1.50. The van der Waals surface area contributed by atoms with E-state index in [1.807, 2.05) is 24.3 Å². The number of halogens is 1. The summed E-state index contributed by atoms with van der Waals surface area (Å²) in [5, 5.41) is 8.81. The second-order valence-electron chi connectivity index (χ2n) is 7.39. The van der Waals surface area contributed by atoms with E-state index in [1.54, 1.807) is 16.4 Å². The Bertz CT molecular complexity index is 922. The third kappa shape index (κ3) is 4.65. The van der Waals surface area contributed by atoms with Crippen molar-refractivity contribution in [3.05, 3.63) is 40.0 Å². The van der Waals surface area contributed by atoms with Gasteiger partial charge in [-0.3, -0.25) is 0 Å². The predicted octanol–water partition coefficient (Wildman–Crippen LogP) is 1.34. The van der Waals surface area contributed by atoms with Crippen LogP contribution in [-0.4, -0.2) is 87.2 Å². The third-order valence-corrected chi connectivity index (χ3v) is 8.11. The molecule has 0 unspecified atom stereocenters. The topological polar surface area (TPSA) is 72.9 Å². The maximum absolute atomic E-state index is 12.9. The van der Waals surface area contributed by atoms with Gasteiger partial charge in [0.1, 0.15) is 0 Å². The summed E-state index contributed by atoms with van der Waals surface area (Å²) in [7, 11) is -1.32. The molecule has 0 spiro atoms. The van der Waals surface area contributed by atoms with Gasteiger partial charge in [-0.05, 0) is 66.0 Å². The molecule has 2 aliphatic rings. The molecule has 4 rings (SSSR count). The lowest BCUT2D eigenvalue weighted by Gasteiger charge is -2.35. The molecule has 156 valence electrons. The molecule has 10 heteroatoms. The van der Waals surface area contributed by atoms with Crippen LogP contribution in [0.4, 0.5) is 11.6 Å². The van der Waals surface area contributed by atoms with E-state index < -0.39 is 10.0 Å². The molecule has 2 fully saturated rings. The first-order valence-electron chi connectivity index (χ1n) is 9.71. The van der Waals surface area contributed by atoms with Gasteiger partial charge in [0.2, 0.25) is 10.0 Å². The van der Waals surface area contributed by atoms with Crippen LogP contribution in [0.2, 0.25) is 0 Å². The summed E-state index contributed by atoms with van der Waals surface area (Å²) in [5.41, 5.74) is 0. The summed E-state index contributed by atoms with van der Waals surface area (Å²) in [6.45, 7) is 6.06. The molecular formula is C19H25IN6O2S. The summed E-state index contributed by atoms with van der Waals surface area (Å²) in [6.07, 6.45) is 0. The molecular weight excluding hydrogens is 503 g/mol. The molecule has 0 saturated carbocycles. The first kappa shape index (κ1) is 20.8. The number of hydrogen-bond acceptors (Lipinski definition) is 7. The Kier molecular flexibility index (Phi) is 6.23. The van der Waals surface area contributed by atoms with Crippen LogP contribution in [0.1, 0.15) is 0 Å². The number of benzene rings is 1.